The molecule has 1 heterocycles. The van der Waals surface area contributed by atoms with Crippen LogP contribution in [0, 0.1) is 35.5 Å². The molecule has 0 atom stereocenters. The molecule has 5 heteroatoms. The van der Waals surface area contributed by atoms with E-state index in [9.17, 15) is 9.59 Å². The van der Waals surface area contributed by atoms with Crippen molar-refractivity contribution >= 4 is 11.8 Å². The van der Waals surface area contributed by atoms with Gasteiger partial charge in [0.25, 0.3) is 11.8 Å². The van der Waals surface area contributed by atoms with Gasteiger partial charge in [0.05, 0.1) is 5.56 Å². The van der Waals surface area contributed by atoms with Gasteiger partial charge in [-0.15, -0.1) is 0 Å². The molecule has 2 amide bonds. The largest absolute Gasteiger partial charge is 0.336 e. The second-order valence-electron chi connectivity index (χ2n) is 13.4. The van der Waals surface area contributed by atoms with E-state index in [1.54, 1.807) is 6.20 Å². The maximum atomic E-state index is 14.0. The van der Waals surface area contributed by atoms with Crippen molar-refractivity contribution in [3.63, 3.8) is 0 Å². The average Bonchev–Trinajstić information content (AvgIpc) is 2.80. The lowest BCUT2D eigenvalue weighted by Crippen LogP contribution is -2.61. The summed E-state index contributed by atoms with van der Waals surface area (Å²) in [6, 6.07) is 3.66. The summed E-state index contributed by atoms with van der Waals surface area (Å²) in [6.07, 6.45) is 16.6. The van der Waals surface area contributed by atoms with E-state index in [2.05, 4.69) is 4.98 Å². The van der Waals surface area contributed by atoms with Crippen molar-refractivity contribution in [1.82, 2.24) is 14.8 Å². The molecule has 1 aromatic rings. The highest BCUT2D eigenvalue weighted by molar-refractivity contribution is 6.06. The van der Waals surface area contributed by atoms with E-state index in [-0.39, 0.29) is 22.9 Å². The van der Waals surface area contributed by atoms with E-state index in [0.29, 0.717) is 11.3 Å². The molecule has 1 aromatic heterocycles. The lowest BCUT2D eigenvalue weighted by atomic mass is 9.52. The van der Waals surface area contributed by atoms with Gasteiger partial charge in [0.2, 0.25) is 0 Å². The first-order valence-electron chi connectivity index (χ1n) is 13.9. The third-order valence-electron chi connectivity index (χ3n) is 11.3. The molecule has 8 bridgehead atoms. The minimum atomic E-state index is -0.0511. The first-order chi connectivity index (χ1) is 16.3. The van der Waals surface area contributed by atoms with Crippen LogP contribution in [0.25, 0.3) is 0 Å². The number of amides is 2. The molecule has 0 radical (unpaired) electrons. The molecule has 0 saturated heterocycles. The maximum Gasteiger partial charge on any atom is 0.273 e. The number of nitrogens with zero attached hydrogens (tertiary/aromatic N) is 3. The number of carbonyl (C=O) groups excluding carboxylic acids is 2. The molecular weight excluding hydrogens is 422 g/mol. The fourth-order valence-electron chi connectivity index (χ4n) is 10.5. The Morgan fingerprint density at radius 2 is 1.09 bits per heavy atom. The van der Waals surface area contributed by atoms with E-state index < -0.39 is 0 Å². The second kappa shape index (κ2) is 7.30. The average molecular weight is 462 g/mol. The summed E-state index contributed by atoms with van der Waals surface area (Å²) >= 11 is 0. The van der Waals surface area contributed by atoms with Crippen molar-refractivity contribution in [3.05, 3.63) is 29.6 Å². The van der Waals surface area contributed by atoms with Gasteiger partial charge in [0.1, 0.15) is 5.69 Å². The fourth-order valence-corrected chi connectivity index (χ4v) is 10.5. The van der Waals surface area contributed by atoms with Crippen LogP contribution in [0.4, 0.5) is 0 Å². The standard InChI is InChI=1S/C29H39N3O2/c1-31(28-12-18-6-19(13-28)8-20(7-18)14-28)26(33)24-4-3-5-30-25(24)27(34)32(2)29-15-21-9-22(16-29)11-23(10-21)17-29/h3-5,18-23H,6-17H2,1-2H3. The molecule has 0 aliphatic heterocycles. The van der Waals surface area contributed by atoms with Crippen molar-refractivity contribution in [1.29, 1.82) is 0 Å². The molecule has 9 rings (SSSR count). The lowest BCUT2D eigenvalue weighted by molar-refractivity contribution is -0.0680. The van der Waals surface area contributed by atoms with Crippen molar-refractivity contribution in [2.24, 2.45) is 35.5 Å². The first-order valence-corrected chi connectivity index (χ1v) is 13.9. The molecule has 5 nitrogen and oxygen atoms in total. The minimum absolute atomic E-state index is 0.00249. The Balaban J connectivity index is 1.17. The summed E-state index contributed by atoms with van der Waals surface area (Å²) in [5.74, 6) is 4.59. The van der Waals surface area contributed by atoms with E-state index in [1.165, 1.54) is 38.5 Å². The van der Waals surface area contributed by atoms with E-state index in [0.717, 1.165) is 74.0 Å². The minimum Gasteiger partial charge on any atom is -0.336 e. The zero-order chi connectivity index (χ0) is 23.2. The molecule has 0 spiro atoms. The molecule has 8 saturated carbocycles. The molecule has 0 unspecified atom stereocenters. The molecule has 8 aliphatic carbocycles. The normalized spacial score (nSPS) is 43.2. The zero-order valence-corrected chi connectivity index (χ0v) is 20.8. The number of hydrogen-bond donors (Lipinski definition) is 0. The van der Waals surface area contributed by atoms with Crippen LogP contribution < -0.4 is 0 Å². The highest BCUT2D eigenvalue weighted by Crippen LogP contribution is 2.59. The Bertz CT molecular complexity index is 880. The molecular formula is C29H39N3O2. The predicted molar refractivity (Wildman–Crippen MR) is 130 cm³/mol. The van der Waals surface area contributed by atoms with E-state index in [4.69, 9.17) is 0 Å². The number of pyridine rings is 1. The van der Waals surface area contributed by atoms with Gasteiger partial charge in [-0.25, -0.2) is 0 Å². The van der Waals surface area contributed by atoms with Gasteiger partial charge in [-0.2, -0.15) is 0 Å². The van der Waals surface area contributed by atoms with Crippen LogP contribution in [0.1, 0.15) is 97.9 Å². The van der Waals surface area contributed by atoms with Crippen molar-refractivity contribution < 1.29 is 9.59 Å². The van der Waals surface area contributed by atoms with E-state index >= 15 is 0 Å². The quantitative estimate of drug-likeness (QED) is 0.622. The monoisotopic (exact) mass is 461 g/mol. The van der Waals surface area contributed by atoms with Gasteiger partial charge in [-0.1, -0.05) is 0 Å². The third-order valence-corrected chi connectivity index (χ3v) is 11.3. The summed E-state index contributed by atoms with van der Waals surface area (Å²) in [5, 5.41) is 0. The number of rotatable bonds is 4. The highest BCUT2D eigenvalue weighted by Gasteiger charge is 2.55. The Hall–Kier alpha value is -1.91. The summed E-state index contributed by atoms with van der Waals surface area (Å²) in [5.41, 5.74) is 0.813. The second-order valence-corrected chi connectivity index (χ2v) is 13.4. The lowest BCUT2D eigenvalue weighted by Gasteiger charge is -2.60. The molecule has 8 fully saturated rings. The van der Waals surface area contributed by atoms with Crippen molar-refractivity contribution in [2.45, 2.75) is 88.1 Å². The van der Waals surface area contributed by atoms with Crippen LogP contribution in [0.2, 0.25) is 0 Å². The van der Waals surface area contributed by atoms with Gasteiger partial charge < -0.3 is 9.80 Å². The maximum absolute atomic E-state index is 14.0. The van der Waals surface area contributed by atoms with Crippen molar-refractivity contribution in [2.75, 3.05) is 14.1 Å². The van der Waals surface area contributed by atoms with Crippen molar-refractivity contribution in [3.8, 4) is 0 Å². The summed E-state index contributed by atoms with van der Waals surface area (Å²) < 4.78 is 0. The summed E-state index contributed by atoms with van der Waals surface area (Å²) in [7, 11) is 3.99. The Labute approximate surface area is 203 Å². The highest BCUT2D eigenvalue weighted by atomic mass is 16.2. The van der Waals surface area contributed by atoms with Gasteiger partial charge >= 0.3 is 0 Å². The van der Waals surface area contributed by atoms with Crippen LogP contribution in [0.5, 0.6) is 0 Å². The first kappa shape index (κ1) is 21.4. The molecule has 34 heavy (non-hydrogen) atoms. The fraction of sp³-hybridized carbons (Fsp3) is 0.759. The van der Waals surface area contributed by atoms with Crippen LogP contribution in [0.3, 0.4) is 0 Å². The molecule has 182 valence electrons. The Morgan fingerprint density at radius 1 is 0.706 bits per heavy atom. The predicted octanol–water partition coefficient (Wildman–Crippen LogP) is 5.16. The Morgan fingerprint density at radius 3 is 1.50 bits per heavy atom. The Kier molecular flexibility index (Phi) is 4.59. The van der Waals surface area contributed by atoms with Gasteiger partial charge in [-0.3, -0.25) is 14.6 Å². The number of aromatic nitrogens is 1. The summed E-state index contributed by atoms with van der Waals surface area (Å²) in [4.78, 5) is 36.5. The number of carbonyl (C=O) groups is 2. The van der Waals surface area contributed by atoms with Gasteiger partial charge in [0, 0.05) is 31.4 Å². The van der Waals surface area contributed by atoms with Crippen LogP contribution >= 0.6 is 0 Å². The zero-order valence-electron chi connectivity index (χ0n) is 20.8. The smallest absolute Gasteiger partial charge is 0.273 e. The third kappa shape index (κ3) is 3.07. The topological polar surface area (TPSA) is 53.5 Å². The van der Waals surface area contributed by atoms with Crippen LogP contribution in [-0.4, -0.2) is 51.8 Å². The van der Waals surface area contributed by atoms with Crippen LogP contribution in [-0.2, 0) is 0 Å². The van der Waals surface area contributed by atoms with Crippen LogP contribution in [0.15, 0.2) is 18.3 Å². The number of hydrogen-bond acceptors (Lipinski definition) is 3. The van der Waals surface area contributed by atoms with E-state index in [1.807, 2.05) is 36.0 Å². The molecule has 8 aliphatic rings. The summed E-state index contributed by atoms with van der Waals surface area (Å²) in [6.45, 7) is 0. The van der Waals surface area contributed by atoms with Gasteiger partial charge in [-0.05, 0) is 125 Å². The van der Waals surface area contributed by atoms with Gasteiger partial charge in [0.15, 0.2) is 0 Å². The molecule has 0 N–H and O–H groups in total. The SMILES string of the molecule is CN(C(=O)c1cccnc1C(=O)N(C)C12CC3CC(CC(C3)C1)C2)C12CC3CC(CC(C3)C1)C2. The molecule has 0 aromatic carbocycles.